The molecule has 0 bridgehead atoms. The van der Waals surface area contributed by atoms with E-state index in [1.54, 1.807) is 23.7 Å². The number of carbonyl (C=O) groups is 1. The predicted molar refractivity (Wildman–Crippen MR) is 66.1 cm³/mol. The molecular formula is C13H13N3O3. The second-order valence-corrected chi connectivity index (χ2v) is 3.71. The molecule has 6 heteroatoms. The zero-order valence-electron chi connectivity index (χ0n) is 10.4. The van der Waals surface area contributed by atoms with Gasteiger partial charge >= 0.3 is 5.97 Å². The zero-order chi connectivity index (χ0) is 13.7. The Kier molecular flexibility index (Phi) is 4.11. The molecule has 0 saturated heterocycles. The van der Waals surface area contributed by atoms with Crippen molar-refractivity contribution >= 4 is 11.5 Å². The molecule has 98 valence electrons. The fraction of sp³-hybridized carbons (Fsp3) is 0.308. The summed E-state index contributed by atoms with van der Waals surface area (Å²) in [6, 6.07) is 7.40. The summed E-state index contributed by atoms with van der Waals surface area (Å²) >= 11 is 0. The SMILES string of the molecule is CCOC(=O)C(OCC#N)c1ncc2ccccn12. The van der Waals surface area contributed by atoms with Gasteiger partial charge in [-0.05, 0) is 19.1 Å². The van der Waals surface area contributed by atoms with Gasteiger partial charge in [-0.3, -0.25) is 0 Å². The van der Waals surface area contributed by atoms with Gasteiger partial charge in [0.2, 0.25) is 6.10 Å². The van der Waals surface area contributed by atoms with Crippen LogP contribution in [0.1, 0.15) is 18.9 Å². The first-order chi connectivity index (χ1) is 9.27. The second kappa shape index (κ2) is 5.98. The monoisotopic (exact) mass is 259 g/mol. The third kappa shape index (κ3) is 2.72. The van der Waals surface area contributed by atoms with Crippen LogP contribution in [0.3, 0.4) is 0 Å². The third-order valence-electron chi connectivity index (χ3n) is 2.52. The van der Waals surface area contributed by atoms with E-state index in [2.05, 4.69) is 4.98 Å². The first-order valence-corrected chi connectivity index (χ1v) is 5.85. The van der Waals surface area contributed by atoms with Gasteiger partial charge in [-0.15, -0.1) is 0 Å². The number of rotatable bonds is 5. The first kappa shape index (κ1) is 13.1. The number of imidazole rings is 1. The van der Waals surface area contributed by atoms with Crippen LogP contribution in [0.5, 0.6) is 0 Å². The second-order valence-electron chi connectivity index (χ2n) is 3.71. The molecule has 0 spiro atoms. The lowest BCUT2D eigenvalue weighted by Crippen LogP contribution is -2.21. The van der Waals surface area contributed by atoms with Crippen molar-refractivity contribution in [3.8, 4) is 6.07 Å². The van der Waals surface area contributed by atoms with Crippen LogP contribution in [0, 0.1) is 11.3 Å². The Morgan fingerprint density at radius 2 is 2.42 bits per heavy atom. The van der Waals surface area contributed by atoms with Crippen molar-refractivity contribution in [2.24, 2.45) is 0 Å². The summed E-state index contributed by atoms with van der Waals surface area (Å²) in [6.07, 6.45) is 2.42. The first-order valence-electron chi connectivity index (χ1n) is 5.85. The molecule has 6 nitrogen and oxygen atoms in total. The summed E-state index contributed by atoms with van der Waals surface area (Å²) in [4.78, 5) is 16.1. The molecule has 2 aromatic rings. The molecule has 0 saturated carbocycles. The van der Waals surface area contributed by atoms with Crippen LogP contribution in [0.15, 0.2) is 30.6 Å². The van der Waals surface area contributed by atoms with Crippen LogP contribution in [0.2, 0.25) is 0 Å². The number of aromatic nitrogens is 2. The molecule has 2 rings (SSSR count). The fourth-order valence-corrected chi connectivity index (χ4v) is 1.75. The molecule has 0 aromatic carbocycles. The number of ether oxygens (including phenoxy) is 2. The fourth-order valence-electron chi connectivity index (χ4n) is 1.75. The maximum absolute atomic E-state index is 11.9. The molecule has 0 aliphatic heterocycles. The maximum Gasteiger partial charge on any atom is 0.343 e. The Morgan fingerprint density at radius 3 is 3.16 bits per heavy atom. The van der Waals surface area contributed by atoms with E-state index in [1.807, 2.05) is 24.3 Å². The number of nitrogens with zero attached hydrogens (tertiary/aromatic N) is 3. The molecule has 0 N–H and O–H groups in total. The maximum atomic E-state index is 11.9. The number of fused-ring (bicyclic) bond motifs is 1. The number of pyridine rings is 1. The van der Waals surface area contributed by atoms with Crippen molar-refractivity contribution in [1.29, 1.82) is 5.26 Å². The summed E-state index contributed by atoms with van der Waals surface area (Å²) in [5.74, 6) is -0.140. The summed E-state index contributed by atoms with van der Waals surface area (Å²) in [7, 11) is 0. The number of carbonyl (C=O) groups excluding carboxylic acids is 1. The van der Waals surface area contributed by atoms with Gasteiger partial charge in [-0.1, -0.05) is 6.07 Å². The number of nitriles is 1. The lowest BCUT2D eigenvalue weighted by Gasteiger charge is -2.13. The van der Waals surface area contributed by atoms with Gasteiger partial charge < -0.3 is 13.9 Å². The van der Waals surface area contributed by atoms with E-state index in [-0.39, 0.29) is 13.2 Å². The molecule has 0 fully saturated rings. The van der Waals surface area contributed by atoms with Gasteiger partial charge in [0.05, 0.1) is 24.4 Å². The van der Waals surface area contributed by atoms with E-state index in [0.29, 0.717) is 5.82 Å². The van der Waals surface area contributed by atoms with Crippen LogP contribution < -0.4 is 0 Å². The van der Waals surface area contributed by atoms with E-state index in [4.69, 9.17) is 14.7 Å². The van der Waals surface area contributed by atoms with Crippen LogP contribution in [-0.4, -0.2) is 28.6 Å². The highest BCUT2D eigenvalue weighted by atomic mass is 16.6. The average Bonchev–Trinajstić information content (AvgIpc) is 2.84. The molecule has 0 radical (unpaired) electrons. The smallest absolute Gasteiger partial charge is 0.343 e. The van der Waals surface area contributed by atoms with Gasteiger partial charge in [0.15, 0.2) is 5.82 Å². The Balaban J connectivity index is 2.37. The molecule has 0 amide bonds. The van der Waals surface area contributed by atoms with Gasteiger partial charge in [0, 0.05) is 6.20 Å². The molecule has 1 unspecified atom stereocenters. The quantitative estimate of drug-likeness (QED) is 0.760. The van der Waals surface area contributed by atoms with Crippen LogP contribution in [0.4, 0.5) is 0 Å². The van der Waals surface area contributed by atoms with Crippen LogP contribution >= 0.6 is 0 Å². The highest BCUT2D eigenvalue weighted by molar-refractivity contribution is 5.76. The Hall–Kier alpha value is -2.39. The van der Waals surface area contributed by atoms with Gasteiger partial charge in [0.1, 0.15) is 6.61 Å². The van der Waals surface area contributed by atoms with Crippen molar-refractivity contribution < 1.29 is 14.3 Å². The van der Waals surface area contributed by atoms with Crippen LogP contribution in [-0.2, 0) is 14.3 Å². The molecular weight excluding hydrogens is 246 g/mol. The van der Waals surface area contributed by atoms with Crippen molar-refractivity contribution in [2.45, 2.75) is 13.0 Å². The molecule has 19 heavy (non-hydrogen) atoms. The minimum absolute atomic E-state index is 0.203. The standard InChI is InChI=1S/C13H13N3O3/c1-2-18-13(17)11(19-8-6-14)12-15-9-10-5-3-4-7-16(10)12/h3-5,7,9,11H,2,8H2,1H3. The van der Waals surface area contributed by atoms with Gasteiger partial charge in [-0.2, -0.15) is 5.26 Å². The number of esters is 1. The highest BCUT2D eigenvalue weighted by Crippen LogP contribution is 2.19. The summed E-state index contributed by atoms with van der Waals surface area (Å²) in [6.45, 7) is 1.75. The molecule has 0 aliphatic carbocycles. The zero-order valence-corrected chi connectivity index (χ0v) is 10.4. The van der Waals surface area contributed by atoms with Crippen LogP contribution in [0.25, 0.3) is 5.52 Å². The molecule has 0 aliphatic rings. The number of hydrogen-bond donors (Lipinski definition) is 0. The summed E-state index contributed by atoms with van der Waals surface area (Å²) in [5.41, 5.74) is 0.840. The van der Waals surface area contributed by atoms with E-state index < -0.39 is 12.1 Å². The largest absolute Gasteiger partial charge is 0.464 e. The Bertz CT molecular complexity index is 615. The highest BCUT2D eigenvalue weighted by Gasteiger charge is 2.27. The van der Waals surface area contributed by atoms with Crippen molar-refractivity contribution in [2.75, 3.05) is 13.2 Å². The number of hydrogen-bond acceptors (Lipinski definition) is 5. The van der Waals surface area contributed by atoms with Gasteiger partial charge in [-0.25, -0.2) is 9.78 Å². The topological polar surface area (TPSA) is 76.6 Å². The van der Waals surface area contributed by atoms with Crippen molar-refractivity contribution in [1.82, 2.24) is 9.38 Å². The van der Waals surface area contributed by atoms with Gasteiger partial charge in [0.25, 0.3) is 0 Å². The average molecular weight is 259 g/mol. The third-order valence-corrected chi connectivity index (χ3v) is 2.52. The lowest BCUT2D eigenvalue weighted by molar-refractivity contribution is -0.156. The molecule has 2 aromatic heterocycles. The van der Waals surface area contributed by atoms with Crippen molar-refractivity contribution in [3.63, 3.8) is 0 Å². The minimum Gasteiger partial charge on any atom is -0.464 e. The van der Waals surface area contributed by atoms with E-state index >= 15 is 0 Å². The van der Waals surface area contributed by atoms with E-state index in [9.17, 15) is 4.79 Å². The molecule has 2 heterocycles. The lowest BCUT2D eigenvalue weighted by atomic mass is 10.3. The minimum atomic E-state index is -0.996. The summed E-state index contributed by atoms with van der Waals surface area (Å²) in [5, 5.41) is 8.58. The van der Waals surface area contributed by atoms with E-state index in [1.165, 1.54) is 0 Å². The molecule has 1 atom stereocenters. The Labute approximate surface area is 110 Å². The van der Waals surface area contributed by atoms with Crippen molar-refractivity contribution in [3.05, 3.63) is 36.4 Å². The Morgan fingerprint density at radius 1 is 1.58 bits per heavy atom. The van der Waals surface area contributed by atoms with E-state index in [0.717, 1.165) is 5.52 Å². The summed E-state index contributed by atoms with van der Waals surface area (Å²) < 4.78 is 11.9. The predicted octanol–water partition coefficient (Wildman–Crippen LogP) is 1.48. The normalized spacial score (nSPS) is 12.0.